The van der Waals surface area contributed by atoms with Crippen molar-refractivity contribution >= 4 is 0 Å². The topological polar surface area (TPSA) is 55.4 Å². The van der Waals surface area contributed by atoms with Gasteiger partial charge in [-0.1, -0.05) is 76.2 Å². The van der Waals surface area contributed by atoms with Gasteiger partial charge in [0.05, 0.1) is 38.1 Å². The van der Waals surface area contributed by atoms with Crippen LogP contribution in [0.4, 0.5) is 0 Å². The lowest BCUT2D eigenvalue weighted by molar-refractivity contribution is -0.330. The van der Waals surface area contributed by atoms with Crippen molar-refractivity contribution in [1.29, 1.82) is 0 Å². The number of ether oxygens (including phenoxy) is 6. The maximum absolute atomic E-state index is 6.03. The van der Waals surface area contributed by atoms with Gasteiger partial charge in [-0.25, -0.2) is 0 Å². The minimum absolute atomic E-state index is 0.0910. The van der Waals surface area contributed by atoms with Crippen LogP contribution in [-0.4, -0.2) is 56.5 Å². The predicted octanol–water partition coefficient (Wildman–Crippen LogP) is 6.80. The van der Waals surface area contributed by atoms with Crippen molar-refractivity contribution in [1.82, 2.24) is 0 Å². The summed E-state index contributed by atoms with van der Waals surface area (Å²) in [6, 6.07) is 0. The van der Waals surface area contributed by atoms with Crippen molar-refractivity contribution in [2.24, 2.45) is 21.7 Å². The van der Waals surface area contributed by atoms with Crippen molar-refractivity contribution in [3.63, 3.8) is 0 Å². The fourth-order valence-corrected chi connectivity index (χ4v) is 4.21. The molecule has 3 aliphatic rings. The first kappa shape index (κ1) is 31.8. The largest absolute Gasteiger partial charge is 0.353 e. The van der Waals surface area contributed by atoms with E-state index in [-0.39, 0.29) is 45.8 Å². The molecular weight excluding hydrogens is 432 g/mol. The SMILES string of the molecule is CC(C)(C)C1COCO1.CC1(C)OCC(C(C)(C)C)O1.CC1(C)OCC(C)(C)C(C(C)(C)C)O1. The molecule has 3 aliphatic heterocycles. The number of hydrogen-bond acceptors (Lipinski definition) is 6. The van der Waals surface area contributed by atoms with Crippen LogP contribution in [0.5, 0.6) is 0 Å². The first-order chi connectivity index (χ1) is 15.0. The van der Waals surface area contributed by atoms with E-state index in [1.165, 1.54) is 0 Å². The summed E-state index contributed by atoms with van der Waals surface area (Å²) in [6.45, 7) is 34.7. The van der Waals surface area contributed by atoms with Crippen LogP contribution in [0.3, 0.4) is 0 Å². The Morgan fingerprint density at radius 3 is 1.35 bits per heavy atom. The molecule has 6 heteroatoms. The van der Waals surface area contributed by atoms with Gasteiger partial charge in [-0.15, -0.1) is 0 Å². The third-order valence-electron chi connectivity index (χ3n) is 6.25. The molecule has 0 aromatic rings. The van der Waals surface area contributed by atoms with Crippen molar-refractivity contribution in [2.45, 2.75) is 134 Å². The average molecular weight is 489 g/mol. The predicted molar refractivity (Wildman–Crippen MR) is 138 cm³/mol. The molecule has 0 radical (unpaired) electrons. The lowest BCUT2D eigenvalue weighted by atomic mass is 9.72. The van der Waals surface area contributed by atoms with E-state index in [0.29, 0.717) is 6.79 Å². The molecule has 6 nitrogen and oxygen atoms in total. The van der Waals surface area contributed by atoms with Gasteiger partial charge < -0.3 is 28.4 Å². The van der Waals surface area contributed by atoms with Gasteiger partial charge in [0.2, 0.25) is 0 Å². The smallest absolute Gasteiger partial charge is 0.163 e. The van der Waals surface area contributed by atoms with Gasteiger partial charge >= 0.3 is 0 Å². The Labute approximate surface area is 210 Å². The molecule has 34 heavy (non-hydrogen) atoms. The summed E-state index contributed by atoms with van der Waals surface area (Å²) in [7, 11) is 0. The minimum atomic E-state index is -0.437. The summed E-state index contributed by atoms with van der Waals surface area (Å²) in [6.07, 6.45) is 0.758. The molecule has 3 rings (SSSR count). The molecule has 204 valence electrons. The molecule has 0 aromatic carbocycles. The fourth-order valence-electron chi connectivity index (χ4n) is 4.21. The van der Waals surface area contributed by atoms with E-state index < -0.39 is 5.79 Å². The highest BCUT2D eigenvalue weighted by molar-refractivity contribution is 4.91. The third-order valence-corrected chi connectivity index (χ3v) is 6.25. The van der Waals surface area contributed by atoms with E-state index in [9.17, 15) is 0 Å². The first-order valence-corrected chi connectivity index (χ1v) is 12.8. The Morgan fingerprint density at radius 2 is 1.09 bits per heavy atom. The summed E-state index contributed by atoms with van der Waals surface area (Å²) in [4.78, 5) is 0. The second kappa shape index (κ2) is 11.0. The van der Waals surface area contributed by atoms with Gasteiger partial charge in [0.25, 0.3) is 0 Å². The van der Waals surface area contributed by atoms with Crippen LogP contribution in [-0.2, 0) is 28.4 Å². The normalized spacial score (nSPS) is 30.6. The molecule has 0 saturated carbocycles. The van der Waals surface area contributed by atoms with E-state index in [2.05, 4.69) is 76.2 Å². The zero-order valence-corrected chi connectivity index (χ0v) is 25.0. The Kier molecular flexibility index (Phi) is 10.3. The van der Waals surface area contributed by atoms with Crippen LogP contribution in [0.2, 0.25) is 0 Å². The highest BCUT2D eigenvalue weighted by Gasteiger charge is 2.47. The first-order valence-electron chi connectivity index (χ1n) is 12.8. The summed E-state index contributed by atoms with van der Waals surface area (Å²) >= 11 is 0. The number of hydrogen-bond donors (Lipinski definition) is 0. The highest BCUT2D eigenvalue weighted by Crippen LogP contribution is 2.43. The Hall–Kier alpha value is -0.240. The third kappa shape index (κ3) is 10.4. The molecule has 3 fully saturated rings. The van der Waals surface area contributed by atoms with E-state index >= 15 is 0 Å². The minimum Gasteiger partial charge on any atom is -0.353 e. The van der Waals surface area contributed by atoms with Crippen LogP contribution >= 0.6 is 0 Å². The summed E-state index contributed by atoms with van der Waals surface area (Å²) in [5.74, 6) is -0.814. The Balaban J connectivity index is 0.000000262. The maximum Gasteiger partial charge on any atom is 0.163 e. The van der Waals surface area contributed by atoms with Crippen molar-refractivity contribution in [2.75, 3.05) is 26.6 Å². The second-order valence-corrected chi connectivity index (χ2v) is 14.7. The molecule has 3 unspecified atom stereocenters. The Morgan fingerprint density at radius 1 is 0.588 bits per heavy atom. The quantitative estimate of drug-likeness (QED) is 0.374. The summed E-state index contributed by atoms with van der Waals surface area (Å²) < 4.78 is 33.2. The molecule has 3 atom stereocenters. The van der Waals surface area contributed by atoms with Gasteiger partial charge in [-0.3, -0.25) is 0 Å². The van der Waals surface area contributed by atoms with Gasteiger partial charge in [0, 0.05) is 5.41 Å². The highest BCUT2D eigenvalue weighted by atomic mass is 16.7. The Bertz CT molecular complexity index is 612. The van der Waals surface area contributed by atoms with Gasteiger partial charge in [0.1, 0.15) is 6.79 Å². The monoisotopic (exact) mass is 488 g/mol. The molecule has 3 saturated heterocycles. The molecule has 0 bridgehead atoms. The zero-order chi connectivity index (χ0) is 26.8. The molecule has 0 aliphatic carbocycles. The summed E-state index contributed by atoms with van der Waals surface area (Å²) in [5.41, 5.74) is 0.669. The van der Waals surface area contributed by atoms with E-state index in [0.717, 1.165) is 19.8 Å². The standard InChI is InChI=1S/C12H24O2.C9H18O2.C7H14O2/c1-10(2,3)9-11(4,5)8-13-12(6,7)14-9;1-8(2,3)7-6-10-9(4,5)11-7;1-7(2,3)6-4-8-5-9-6/h9H,8H2,1-7H3;7H,6H2,1-5H3;6H,4-5H2,1-3H3. The van der Waals surface area contributed by atoms with Crippen LogP contribution < -0.4 is 0 Å². The van der Waals surface area contributed by atoms with Crippen LogP contribution in [0.15, 0.2) is 0 Å². The van der Waals surface area contributed by atoms with Crippen molar-refractivity contribution in [3.8, 4) is 0 Å². The zero-order valence-electron chi connectivity index (χ0n) is 25.0. The van der Waals surface area contributed by atoms with Crippen molar-refractivity contribution < 1.29 is 28.4 Å². The van der Waals surface area contributed by atoms with Gasteiger partial charge in [-0.05, 0) is 43.9 Å². The van der Waals surface area contributed by atoms with Gasteiger partial charge in [-0.2, -0.15) is 0 Å². The lowest BCUT2D eigenvalue weighted by Crippen LogP contribution is -2.55. The molecule has 3 heterocycles. The number of rotatable bonds is 0. The van der Waals surface area contributed by atoms with Crippen LogP contribution in [0.1, 0.15) is 104 Å². The molecule has 0 N–H and O–H groups in total. The van der Waals surface area contributed by atoms with E-state index in [4.69, 9.17) is 28.4 Å². The molecule has 0 amide bonds. The second-order valence-electron chi connectivity index (χ2n) is 14.7. The lowest BCUT2D eigenvalue weighted by Gasteiger charge is -2.51. The van der Waals surface area contributed by atoms with E-state index in [1.54, 1.807) is 0 Å². The van der Waals surface area contributed by atoms with Crippen LogP contribution in [0, 0.1) is 21.7 Å². The molecule has 0 spiro atoms. The molecule has 0 aromatic heterocycles. The summed E-state index contributed by atoms with van der Waals surface area (Å²) in [5, 5.41) is 0. The molecular formula is C28H56O6. The maximum atomic E-state index is 6.03. The fraction of sp³-hybridized carbons (Fsp3) is 1.00. The van der Waals surface area contributed by atoms with Crippen LogP contribution in [0.25, 0.3) is 0 Å². The van der Waals surface area contributed by atoms with Gasteiger partial charge in [0.15, 0.2) is 11.6 Å². The average Bonchev–Trinajstić information content (AvgIpc) is 3.26. The van der Waals surface area contributed by atoms with Crippen molar-refractivity contribution in [3.05, 3.63) is 0 Å². The van der Waals surface area contributed by atoms with E-state index in [1.807, 2.05) is 27.7 Å².